The Bertz CT molecular complexity index is 429. The average Bonchev–Trinajstić information content (AvgIpc) is 3.13. The van der Waals surface area contributed by atoms with Gasteiger partial charge in [0.2, 0.25) is 0 Å². The second-order valence-corrected chi connectivity index (χ2v) is 6.55. The zero-order valence-electron chi connectivity index (χ0n) is 10.5. The normalized spacial score (nSPS) is 27.0. The molecule has 3 rings (SSSR count). The lowest BCUT2D eigenvalue weighted by atomic mass is 9.70. The van der Waals surface area contributed by atoms with Crippen molar-refractivity contribution in [1.82, 2.24) is 5.32 Å². The largest absolute Gasteiger partial charge is 0.314 e. The summed E-state index contributed by atoms with van der Waals surface area (Å²) in [5, 5.41) is 4.98. The third-order valence-electron chi connectivity index (χ3n) is 4.30. The Morgan fingerprint density at radius 3 is 2.39 bits per heavy atom. The fourth-order valence-electron chi connectivity index (χ4n) is 2.75. The van der Waals surface area contributed by atoms with E-state index in [2.05, 4.69) is 11.4 Å². The van der Waals surface area contributed by atoms with Crippen LogP contribution in [0.3, 0.4) is 0 Å². The van der Waals surface area contributed by atoms with Gasteiger partial charge in [-0.25, -0.2) is 0 Å². The summed E-state index contributed by atoms with van der Waals surface area (Å²) in [7, 11) is 0. The summed E-state index contributed by atoms with van der Waals surface area (Å²) in [5.41, 5.74) is 1.32. The van der Waals surface area contributed by atoms with Crippen LogP contribution < -0.4 is 5.32 Å². The smallest absolute Gasteiger partial charge is 0.0595 e. The van der Waals surface area contributed by atoms with Crippen molar-refractivity contribution in [2.24, 2.45) is 11.8 Å². The summed E-state index contributed by atoms with van der Waals surface area (Å²) in [6.07, 6.45) is 6.64. The first-order valence-corrected chi connectivity index (χ1v) is 7.65. The van der Waals surface area contributed by atoms with Gasteiger partial charge in [-0.3, -0.25) is 0 Å². The van der Waals surface area contributed by atoms with Crippen molar-refractivity contribution < 1.29 is 0 Å². The van der Waals surface area contributed by atoms with Gasteiger partial charge in [0.1, 0.15) is 0 Å². The molecule has 18 heavy (non-hydrogen) atoms. The van der Waals surface area contributed by atoms with Crippen LogP contribution >= 0.6 is 23.2 Å². The number of hydrogen-bond donors (Lipinski definition) is 1. The Hall–Kier alpha value is -0.240. The van der Waals surface area contributed by atoms with Crippen molar-refractivity contribution in [1.29, 1.82) is 0 Å². The SMILES string of the molecule is Clc1ccc(CC2CCC2CNC2CC2)cc1Cl. The van der Waals surface area contributed by atoms with Gasteiger partial charge < -0.3 is 5.32 Å². The number of hydrogen-bond acceptors (Lipinski definition) is 1. The Morgan fingerprint density at radius 2 is 1.78 bits per heavy atom. The lowest BCUT2D eigenvalue weighted by molar-refractivity contribution is 0.170. The maximum Gasteiger partial charge on any atom is 0.0595 e. The van der Waals surface area contributed by atoms with Crippen LogP contribution in [0.15, 0.2) is 18.2 Å². The van der Waals surface area contributed by atoms with E-state index in [1.165, 1.54) is 37.8 Å². The first kappa shape index (κ1) is 12.8. The minimum Gasteiger partial charge on any atom is -0.314 e. The number of rotatable bonds is 5. The summed E-state index contributed by atoms with van der Waals surface area (Å²) < 4.78 is 0. The van der Waals surface area contributed by atoms with Gasteiger partial charge in [0, 0.05) is 6.04 Å². The predicted octanol–water partition coefficient (Wildman–Crippen LogP) is 4.31. The highest BCUT2D eigenvalue weighted by molar-refractivity contribution is 6.42. The van der Waals surface area contributed by atoms with Crippen LogP contribution in [0.5, 0.6) is 0 Å². The zero-order valence-corrected chi connectivity index (χ0v) is 12.0. The van der Waals surface area contributed by atoms with E-state index in [1.807, 2.05) is 12.1 Å². The molecule has 0 bridgehead atoms. The van der Waals surface area contributed by atoms with Gasteiger partial charge in [-0.1, -0.05) is 29.3 Å². The molecule has 2 fully saturated rings. The van der Waals surface area contributed by atoms with Crippen molar-refractivity contribution in [3.8, 4) is 0 Å². The third-order valence-corrected chi connectivity index (χ3v) is 5.04. The van der Waals surface area contributed by atoms with Crippen LogP contribution in [0.4, 0.5) is 0 Å². The second kappa shape index (κ2) is 5.40. The Balaban J connectivity index is 1.53. The Kier molecular flexibility index (Phi) is 3.83. The van der Waals surface area contributed by atoms with Crippen LogP contribution in [0.2, 0.25) is 10.0 Å². The van der Waals surface area contributed by atoms with E-state index in [4.69, 9.17) is 23.2 Å². The molecule has 2 saturated carbocycles. The molecule has 98 valence electrons. The topological polar surface area (TPSA) is 12.0 Å². The summed E-state index contributed by atoms with van der Waals surface area (Å²) in [4.78, 5) is 0. The highest BCUT2D eigenvalue weighted by Gasteiger charge is 2.32. The maximum atomic E-state index is 6.06. The lowest BCUT2D eigenvalue weighted by Gasteiger charge is -2.37. The molecule has 0 aliphatic heterocycles. The molecule has 1 aromatic rings. The maximum absolute atomic E-state index is 6.06. The molecule has 0 amide bonds. The highest BCUT2D eigenvalue weighted by atomic mass is 35.5. The Labute approximate surface area is 119 Å². The van der Waals surface area contributed by atoms with Crippen molar-refractivity contribution >= 4 is 23.2 Å². The third kappa shape index (κ3) is 3.01. The summed E-state index contributed by atoms with van der Waals surface area (Å²) in [5.74, 6) is 1.69. The van der Waals surface area contributed by atoms with Crippen molar-refractivity contribution in [2.75, 3.05) is 6.54 Å². The molecule has 3 heteroatoms. The lowest BCUT2D eigenvalue weighted by Crippen LogP contribution is -2.37. The van der Waals surface area contributed by atoms with Crippen LogP contribution in [-0.2, 0) is 6.42 Å². The van der Waals surface area contributed by atoms with Crippen LogP contribution in [0.25, 0.3) is 0 Å². The number of nitrogens with one attached hydrogen (secondary N) is 1. The summed E-state index contributed by atoms with van der Waals surface area (Å²) in [6.45, 7) is 1.21. The minimum absolute atomic E-state index is 0.654. The van der Waals surface area contributed by atoms with Crippen molar-refractivity contribution in [2.45, 2.75) is 38.1 Å². The van der Waals surface area contributed by atoms with E-state index in [0.717, 1.165) is 24.3 Å². The van der Waals surface area contributed by atoms with Gasteiger partial charge in [-0.05, 0) is 68.2 Å². The molecule has 1 nitrogen and oxygen atoms in total. The molecule has 2 atom stereocenters. The molecular formula is C15H19Cl2N. The van der Waals surface area contributed by atoms with Gasteiger partial charge in [0.05, 0.1) is 10.0 Å². The molecule has 1 N–H and O–H groups in total. The summed E-state index contributed by atoms with van der Waals surface area (Å²) in [6, 6.07) is 6.87. The average molecular weight is 284 g/mol. The number of halogens is 2. The monoisotopic (exact) mass is 283 g/mol. The highest BCUT2D eigenvalue weighted by Crippen LogP contribution is 2.37. The van der Waals surface area contributed by atoms with Gasteiger partial charge in [0.15, 0.2) is 0 Å². The molecule has 2 unspecified atom stereocenters. The van der Waals surface area contributed by atoms with Crippen molar-refractivity contribution in [3.05, 3.63) is 33.8 Å². The van der Waals surface area contributed by atoms with Crippen molar-refractivity contribution in [3.63, 3.8) is 0 Å². The van der Waals surface area contributed by atoms with E-state index in [1.54, 1.807) is 0 Å². The fraction of sp³-hybridized carbons (Fsp3) is 0.600. The van der Waals surface area contributed by atoms with Gasteiger partial charge >= 0.3 is 0 Å². The fourth-order valence-corrected chi connectivity index (χ4v) is 3.07. The Morgan fingerprint density at radius 1 is 1.00 bits per heavy atom. The zero-order chi connectivity index (χ0) is 12.5. The van der Waals surface area contributed by atoms with Gasteiger partial charge in [-0.2, -0.15) is 0 Å². The molecule has 0 radical (unpaired) electrons. The molecule has 0 aromatic heterocycles. The summed E-state index contributed by atoms with van der Waals surface area (Å²) >= 11 is 12.0. The second-order valence-electron chi connectivity index (χ2n) is 5.73. The van der Waals surface area contributed by atoms with E-state index >= 15 is 0 Å². The quantitative estimate of drug-likeness (QED) is 0.849. The first-order valence-electron chi connectivity index (χ1n) is 6.89. The minimum atomic E-state index is 0.654. The molecule has 0 saturated heterocycles. The van der Waals surface area contributed by atoms with Crippen LogP contribution in [-0.4, -0.2) is 12.6 Å². The van der Waals surface area contributed by atoms with E-state index in [-0.39, 0.29) is 0 Å². The first-order chi connectivity index (χ1) is 8.72. The predicted molar refractivity (Wildman–Crippen MR) is 77.4 cm³/mol. The molecule has 1 aromatic carbocycles. The molecule has 2 aliphatic carbocycles. The standard InChI is InChI=1S/C15H19Cl2N/c16-14-6-1-10(8-15(14)17)7-11-2-3-12(11)9-18-13-4-5-13/h1,6,8,11-13,18H,2-5,7,9H2. The molecule has 0 heterocycles. The van der Waals surface area contributed by atoms with Gasteiger partial charge in [0.25, 0.3) is 0 Å². The van der Waals surface area contributed by atoms with Crippen LogP contribution in [0, 0.1) is 11.8 Å². The molecule has 2 aliphatic rings. The molecular weight excluding hydrogens is 265 g/mol. The van der Waals surface area contributed by atoms with E-state index in [0.29, 0.717) is 10.0 Å². The van der Waals surface area contributed by atoms with E-state index in [9.17, 15) is 0 Å². The van der Waals surface area contributed by atoms with Crippen LogP contribution in [0.1, 0.15) is 31.2 Å². The van der Waals surface area contributed by atoms with E-state index < -0.39 is 0 Å². The number of benzene rings is 1. The molecule has 0 spiro atoms. The van der Waals surface area contributed by atoms with Gasteiger partial charge in [-0.15, -0.1) is 0 Å².